The molecule has 2 amide bonds. The van der Waals surface area contributed by atoms with Crippen LogP contribution in [0.2, 0.25) is 0 Å². The van der Waals surface area contributed by atoms with Gasteiger partial charge in [-0.3, -0.25) is 9.78 Å². The first-order chi connectivity index (χ1) is 14.2. The summed E-state index contributed by atoms with van der Waals surface area (Å²) in [6.45, 7) is 9.48. The molecule has 1 aliphatic rings. The highest BCUT2D eigenvalue weighted by molar-refractivity contribution is 9.11. The SMILES string of the molecule is CC[C@@H]1CN(c2ccncc2NC(=O)c2csc(Br)n2)CCN1C(=O)OC(C)(C)C. The van der Waals surface area contributed by atoms with Gasteiger partial charge in [-0.25, -0.2) is 9.78 Å². The predicted molar refractivity (Wildman–Crippen MR) is 121 cm³/mol. The molecule has 1 atom stereocenters. The lowest BCUT2D eigenvalue weighted by atomic mass is 10.1. The molecule has 1 N–H and O–H groups in total. The van der Waals surface area contributed by atoms with Gasteiger partial charge in [0.1, 0.15) is 11.3 Å². The molecule has 0 aliphatic carbocycles. The first-order valence-electron chi connectivity index (χ1n) is 9.79. The van der Waals surface area contributed by atoms with E-state index in [9.17, 15) is 9.59 Å². The number of hydrogen-bond acceptors (Lipinski definition) is 7. The maximum Gasteiger partial charge on any atom is 0.410 e. The highest BCUT2D eigenvalue weighted by atomic mass is 79.9. The van der Waals surface area contributed by atoms with E-state index in [-0.39, 0.29) is 18.0 Å². The van der Waals surface area contributed by atoms with Gasteiger partial charge < -0.3 is 19.9 Å². The maximum absolute atomic E-state index is 12.6. The van der Waals surface area contributed by atoms with Crippen LogP contribution in [0.1, 0.15) is 44.6 Å². The van der Waals surface area contributed by atoms with Gasteiger partial charge in [-0.05, 0) is 49.2 Å². The molecule has 1 saturated heterocycles. The molecular weight excluding hydrogens is 470 g/mol. The molecule has 162 valence electrons. The van der Waals surface area contributed by atoms with Gasteiger partial charge in [-0.2, -0.15) is 0 Å². The number of halogens is 1. The third-order valence-corrected chi connectivity index (χ3v) is 6.04. The van der Waals surface area contributed by atoms with Crippen molar-refractivity contribution in [1.82, 2.24) is 14.9 Å². The van der Waals surface area contributed by atoms with Crippen LogP contribution < -0.4 is 10.2 Å². The fourth-order valence-electron chi connectivity index (χ4n) is 3.29. The number of carbonyl (C=O) groups excluding carboxylic acids is 2. The van der Waals surface area contributed by atoms with Gasteiger partial charge in [-0.15, -0.1) is 11.3 Å². The number of thiazole rings is 1. The summed E-state index contributed by atoms with van der Waals surface area (Å²) < 4.78 is 6.22. The van der Waals surface area contributed by atoms with Gasteiger partial charge in [0.2, 0.25) is 0 Å². The lowest BCUT2D eigenvalue weighted by Crippen LogP contribution is -2.56. The van der Waals surface area contributed by atoms with Gasteiger partial charge in [-0.1, -0.05) is 6.92 Å². The van der Waals surface area contributed by atoms with E-state index in [4.69, 9.17) is 4.74 Å². The predicted octanol–water partition coefficient (Wildman–Crippen LogP) is 4.39. The summed E-state index contributed by atoms with van der Waals surface area (Å²) in [5, 5.41) is 4.61. The van der Waals surface area contributed by atoms with Crippen molar-refractivity contribution in [3.63, 3.8) is 0 Å². The van der Waals surface area contributed by atoms with Gasteiger partial charge in [0.05, 0.1) is 23.6 Å². The summed E-state index contributed by atoms with van der Waals surface area (Å²) in [6.07, 6.45) is 3.85. The smallest absolute Gasteiger partial charge is 0.410 e. The largest absolute Gasteiger partial charge is 0.444 e. The third-order valence-electron chi connectivity index (χ3n) is 4.68. The van der Waals surface area contributed by atoms with E-state index in [1.807, 2.05) is 26.8 Å². The third kappa shape index (κ3) is 5.48. The highest BCUT2D eigenvalue weighted by Gasteiger charge is 2.33. The van der Waals surface area contributed by atoms with E-state index in [1.54, 1.807) is 22.7 Å². The summed E-state index contributed by atoms with van der Waals surface area (Å²) in [7, 11) is 0. The molecule has 0 spiro atoms. The number of hydrogen-bond donors (Lipinski definition) is 1. The standard InChI is InChI=1S/C20H26BrN5O3S/c1-5-13-11-25(8-9-26(13)19(28)29-20(2,3)4)16-6-7-22-10-14(16)23-17(27)15-12-30-18(21)24-15/h6-7,10,12-13H,5,8-9,11H2,1-4H3,(H,23,27)/t13-/m1/s1. The maximum atomic E-state index is 12.6. The average Bonchev–Trinajstić information content (AvgIpc) is 3.13. The summed E-state index contributed by atoms with van der Waals surface area (Å²) in [5.74, 6) is -0.286. The summed E-state index contributed by atoms with van der Waals surface area (Å²) in [6, 6.07) is 1.89. The molecule has 10 heteroatoms. The van der Waals surface area contributed by atoms with Crippen molar-refractivity contribution in [3.05, 3.63) is 33.5 Å². The molecule has 0 radical (unpaired) electrons. The number of pyridine rings is 1. The fraction of sp³-hybridized carbons (Fsp3) is 0.500. The van der Waals surface area contributed by atoms with Crippen molar-refractivity contribution >= 4 is 50.6 Å². The quantitative estimate of drug-likeness (QED) is 0.676. The number of carbonyl (C=O) groups is 2. The number of piperazine rings is 1. The monoisotopic (exact) mass is 495 g/mol. The first-order valence-corrected chi connectivity index (χ1v) is 11.5. The van der Waals surface area contributed by atoms with Crippen molar-refractivity contribution in [1.29, 1.82) is 0 Å². The summed E-state index contributed by atoms with van der Waals surface area (Å²) in [5.41, 5.74) is 1.31. The van der Waals surface area contributed by atoms with Crippen molar-refractivity contribution in [2.75, 3.05) is 29.9 Å². The van der Waals surface area contributed by atoms with Crippen molar-refractivity contribution < 1.29 is 14.3 Å². The Balaban J connectivity index is 1.74. The molecule has 0 unspecified atom stereocenters. The summed E-state index contributed by atoms with van der Waals surface area (Å²) >= 11 is 4.63. The topological polar surface area (TPSA) is 87.7 Å². The number of anilines is 2. The van der Waals surface area contributed by atoms with Gasteiger partial charge in [0.25, 0.3) is 5.91 Å². The lowest BCUT2D eigenvalue weighted by Gasteiger charge is -2.42. The number of nitrogens with one attached hydrogen (secondary N) is 1. The van der Waals surface area contributed by atoms with Gasteiger partial charge in [0, 0.05) is 31.2 Å². The van der Waals surface area contributed by atoms with Crippen molar-refractivity contribution in [3.8, 4) is 0 Å². The normalized spacial score (nSPS) is 17.0. The minimum atomic E-state index is -0.528. The van der Waals surface area contributed by atoms with Crippen LogP contribution in [-0.4, -0.2) is 58.1 Å². The molecule has 3 rings (SSSR count). The molecule has 2 aromatic rings. The number of nitrogens with zero attached hydrogens (tertiary/aromatic N) is 4. The van der Waals surface area contributed by atoms with Crippen LogP contribution in [0.25, 0.3) is 0 Å². The molecule has 30 heavy (non-hydrogen) atoms. The number of amides is 2. The molecule has 0 bridgehead atoms. The zero-order valence-electron chi connectivity index (χ0n) is 17.5. The molecule has 1 aliphatic heterocycles. The molecule has 0 saturated carbocycles. The van der Waals surface area contributed by atoms with E-state index in [0.29, 0.717) is 34.9 Å². The molecule has 3 heterocycles. The molecule has 1 fully saturated rings. The molecule has 8 nitrogen and oxygen atoms in total. The highest BCUT2D eigenvalue weighted by Crippen LogP contribution is 2.29. The second-order valence-electron chi connectivity index (χ2n) is 8.01. The summed E-state index contributed by atoms with van der Waals surface area (Å²) in [4.78, 5) is 37.5. The van der Waals surface area contributed by atoms with E-state index >= 15 is 0 Å². The Hall–Kier alpha value is -2.20. The van der Waals surface area contributed by atoms with Crippen molar-refractivity contribution in [2.24, 2.45) is 0 Å². The second-order valence-corrected chi connectivity index (χ2v) is 10.1. The Morgan fingerprint density at radius 3 is 2.77 bits per heavy atom. The van der Waals surface area contributed by atoms with E-state index in [2.05, 4.69) is 43.0 Å². The van der Waals surface area contributed by atoms with Crippen LogP contribution in [0.4, 0.5) is 16.2 Å². The van der Waals surface area contributed by atoms with Crippen LogP contribution in [-0.2, 0) is 4.74 Å². The van der Waals surface area contributed by atoms with Crippen LogP contribution in [0, 0.1) is 0 Å². The first kappa shape index (κ1) is 22.5. The number of rotatable bonds is 4. The van der Waals surface area contributed by atoms with E-state index in [1.165, 1.54) is 11.3 Å². The fourth-order valence-corrected chi connectivity index (χ4v) is 4.28. The number of aromatic nitrogens is 2. The Morgan fingerprint density at radius 2 is 2.13 bits per heavy atom. The minimum absolute atomic E-state index is 0.0137. The Morgan fingerprint density at radius 1 is 1.37 bits per heavy atom. The van der Waals surface area contributed by atoms with Gasteiger partial charge >= 0.3 is 6.09 Å². The van der Waals surface area contributed by atoms with Crippen molar-refractivity contribution in [2.45, 2.75) is 45.8 Å². The molecule has 0 aromatic carbocycles. The van der Waals surface area contributed by atoms with Crippen LogP contribution >= 0.6 is 27.3 Å². The molecular formula is C20H26BrN5O3S. The average molecular weight is 496 g/mol. The Labute approximate surface area is 188 Å². The van der Waals surface area contributed by atoms with Crippen LogP contribution in [0.15, 0.2) is 27.8 Å². The number of ether oxygens (including phenoxy) is 1. The van der Waals surface area contributed by atoms with Gasteiger partial charge in [0.15, 0.2) is 3.92 Å². The van der Waals surface area contributed by atoms with Crippen LogP contribution in [0.3, 0.4) is 0 Å². The minimum Gasteiger partial charge on any atom is -0.444 e. The van der Waals surface area contributed by atoms with E-state index < -0.39 is 5.60 Å². The second kappa shape index (κ2) is 9.30. The zero-order chi connectivity index (χ0) is 21.9. The molecule has 2 aromatic heterocycles. The van der Waals surface area contributed by atoms with E-state index in [0.717, 1.165) is 12.1 Å². The Kier molecular flexibility index (Phi) is 6.97. The lowest BCUT2D eigenvalue weighted by molar-refractivity contribution is 0.0137. The van der Waals surface area contributed by atoms with Crippen LogP contribution in [0.5, 0.6) is 0 Å². The zero-order valence-corrected chi connectivity index (χ0v) is 19.9. The Bertz CT molecular complexity index is 914.